The minimum atomic E-state index is -1.07. The van der Waals surface area contributed by atoms with Gasteiger partial charge < -0.3 is 19.4 Å². The summed E-state index contributed by atoms with van der Waals surface area (Å²) in [5, 5.41) is 3.28. The van der Waals surface area contributed by atoms with E-state index in [4.69, 9.17) is 9.47 Å². The second-order valence-electron chi connectivity index (χ2n) is 9.10. The zero-order valence-corrected chi connectivity index (χ0v) is 18.5. The number of rotatable bonds is 5. The Bertz CT molecular complexity index is 1300. The second kappa shape index (κ2) is 8.59. The topological polar surface area (TPSA) is 81.5 Å². The van der Waals surface area contributed by atoms with Crippen molar-refractivity contribution in [3.05, 3.63) is 58.0 Å². The molecule has 178 valence electrons. The number of ether oxygens (including phenoxy) is 2. The predicted molar refractivity (Wildman–Crippen MR) is 121 cm³/mol. The van der Waals surface area contributed by atoms with Gasteiger partial charge in [-0.25, -0.2) is 8.78 Å². The van der Waals surface area contributed by atoms with Crippen molar-refractivity contribution in [1.82, 2.24) is 24.8 Å². The lowest BCUT2D eigenvalue weighted by atomic mass is 9.97. The Morgan fingerprint density at radius 3 is 2.82 bits per heavy atom. The van der Waals surface area contributed by atoms with Crippen LogP contribution < -0.4 is 20.3 Å². The molecule has 3 atom stereocenters. The number of hydrogen-bond donors (Lipinski definition) is 1. The first-order valence-electron chi connectivity index (χ1n) is 11.6. The number of piperidine rings is 1. The summed E-state index contributed by atoms with van der Waals surface area (Å²) in [6, 6.07) is 4.63. The van der Waals surface area contributed by atoms with Crippen LogP contribution in [0.3, 0.4) is 0 Å². The van der Waals surface area contributed by atoms with E-state index in [-0.39, 0.29) is 24.1 Å². The summed E-state index contributed by atoms with van der Waals surface area (Å²) in [5.41, 5.74) is 2.30. The normalized spacial score (nSPS) is 24.0. The van der Waals surface area contributed by atoms with Crippen LogP contribution in [0.5, 0.6) is 11.5 Å². The number of alkyl halides is 1. The van der Waals surface area contributed by atoms with E-state index in [9.17, 15) is 9.18 Å². The third kappa shape index (κ3) is 3.80. The largest absolute Gasteiger partial charge is 0.486 e. The van der Waals surface area contributed by atoms with E-state index in [2.05, 4.69) is 15.3 Å². The van der Waals surface area contributed by atoms with Gasteiger partial charge in [-0.1, -0.05) is 0 Å². The average Bonchev–Trinajstić information content (AvgIpc) is 3.23. The molecule has 1 unspecified atom stereocenters. The number of nitrogens with one attached hydrogen (secondary N) is 1. The fourth-order valence-electron chi connectivity index (χ4n) is 5.29. The third-order valence-corrected chi connectivity index (χ3v) is 6.94. The molecule has 10 heteroatoms. The zero-order chi connectivity index (χ0) is 23.2. The van der Waals surface area contributed by atoms with Gasteiger partial charge in [0, 0.05) is 55.8 Å². The summed E-state index contributed by atoms with van der Waals surface area (Å²) in [6.07, 6.45) is 2.41. The fourth-order valence-corrected chi connectivity index (χ4v) is 5.29. The Hall–Kier alpha value is -3.11. The van der Waals surface area contributed by atoms with Crippen molar-refractivity contribution < 1.29 is 18.3 Å². The molecule has 0 radical (unpaired) electrons. The molecule has 3 aliphatic rings. The van der Waals surface area contributed by atoms with Crippen LogP contribution in [-0.2, 0) is 13.1 Å². The zero-order valence-electron chi connectivity index (χ0n) is 18.5. The molecule has 34 heavy (non-hydrogen) atoms. The van der Waals surface area contributed by atoms with Gasteiger partial charge >= 0.3 is 0 Å². The molecule has 0 aliphatic carbocycles. The van der Waals surface area contributed by atoms with Gasteiger partial charge in [-0.3, -0.25) is 19.7 Å². The van der Waals surface area contributed by atoms with Gasteiger partial charge in [-0.05, 0) is 19.0 Å². The van der Waals surface area contributed by atoms with Crippen molar-refractivity contribution >= 4 is 11.0 Å². The van der Waals surface area contributed by atoms with Gasteiger partial charge in [0.15, 0.2) is 11.5 Å². The highest BCUT2D eigenvalue weighted by atomic mass is 19.1. The van der Waals surface area contributed by atoms with Crippen LogP contribution in [-0.4, -0.2) is 64.5 Å². The molecule has 1 N–H and O–H groups in total. The van der Waals surface area contributed by atoms with Crippen LogP contribution in [0.2, 0.25) is 0 Å². The van der Waals surface area contributed by atoms with E-state index >= 15 is 4.39 Å². The number of nitrogens with zero attached hydrogens (tertiary/aromatic N) is 4. The van der Waals surface area contributed by atoms with Crippen molar-refractivity contribution in [2.24, 2.45) is 0 Å². The Morgan fingerprint density at radius 2 is 1.97 bits per heavy atom. The Morgan fingerprint density at radius 1 is 1.12 bits per heavy atom. The fraction of sp³-hybridized carbons (Fsp3) is 0.458. The van der Waals surface area contributed by atoms with Crippen LogP contribution in [0.4, 0.5) is 8.78 Å². The van der Waals surface area contributed by atoms with Gasteiger partial charge in [0.2, 0.25) is 0 Å². The summed E-state index contributed by atoms with van der Waals surface area (Å²) in [5.74, 6) is 0.679. The van der Waals surface area contributed by atoms with Crippen LogP contribution >= 0.6 is 0 Å². The Labute approximate surface area is 194 Å². The maximum absolute atomic E-state index is 15.1. The van der Waals surface area contributed by atoms with Crippen molar-refractivity contribution in [1.29, 1.82) is 0 Å². The van der Waals surface area contributed by atoms with E-state index in [1.165, 1.54) is 12.3 Å². The number of halogens is 2. The van der Waals surface area contributed by atoms with Crippen LogP contribution in [0.1, 0.15) is 23.6 Å². The number of hydrogen-bond acceptors (Lipinski definition) is 7. The number of pyridine rings is 3. The van der Waals surface area contributed by atoms with Crippen molar-refractivity contribution in [3.63, 3.8) is 0 Å². The summed E-state index contributed by atoms with van der Waals surface area (Å²) in [4.78, 5) is 22.8. The quantitative estimate of drug-likeness (QED) is 0.612. The molecule has 0 aromatic carbocycles. The van der Waals surface area contributed by atoms with E-state index in [1.54, 1.807) is 16.8 Å². The second-order valence-corrected chi connectivity index (χ2v) is 9.10. The van der Waals surface area contributed by atoms with Gasteiger partial charge in [0.25, 0.3) is 5.56 Å². The van der Waals surface area contributed by atoms with Crippen molar-refractivity contribution in [2.75, 3.05) is 32.8 Å². The highest BCUT2D eigenvalue weighted by molar-refractivity contribution is 5.80. The minimum absolute atomic E-state index is 0.164. The van der Waals surface area contributed by atoms with Gasteiger partial charge in [0.05, 0.1) is 29.1 Å². The Kier molecular flexibility index (Phi) is 5.41. The molecule has 0 amide bonds. The summed E-state index contributed by atoms with van der Waals surface area (Å²) >= 11 is 0. The van der Waals surface area contributed by atoms with E-state index in [0.29, 0.717) is 73.9 Å². The molecule has 0 bridgehead atoms. The van der Waals surface area contributed by atoms with Crippen molar-refractivity contribution in [3.8, 4) is 11.5 Å². The summed E-state index contributed by atoms with van der Waals surface area (Å²) in [6.45, 7) is 3.27. The lowest BCUT2D eigenvalue weighted by molar-refractivity contribution is 0.0969. The van der Waals surface area contributed by atoms with Crippen LogP contribution in [0, 0.1) is 5.82 Å². The molecule has 3 aliphatic heterocycles. The third-order valence-electron chi connectivity index (χ3n) is 6.94. The molecule has 3 aromatic rings. The molecule has 8 nitrogen and oxygen atoms in total. The molecule has 3 aromatic heterocycles. The highest BCUT2D eigenvalue weighted by Gasteiger charge is 2.34. The smallest absolute Gasteiger partial charge is 0.251 e. The van der Waals surface area contributed by atoms with E-state index < -0.39 is 12.0 Å². The predicted octanol–water partition coefficient (Wildman–Crippen LogP) is 2.00. The number of aromatic nitrogens is 3. The lowest BCUT2D eigenvalue weighted by Crippen LogP contribution is -2.51. The first-order valence-corrected chi connectivity index (χ1v) is 11.6. The van der Waals surface area contributed by atoms with E-state index in [0.717, 1.165) is 5.69 Å². The molecular weight excluding hydrogens is 444 g/mol. The van der Waals surface area contributed by atoms with E-state index in [1.807, 2.05) is 11.0 Å². The van der Waals surface area contributed by atoms with Crippen molar-refractivity contribution in [2.45, 2.75) is 37.6 Å². The van der Waals surface area contributed by atoms with Crippen LogP contribution in [0.15, 0.2) is 35.4 Å². The molecule has 1 fully saturated rings. The maximum Gasteiger partial charge on any atom is 0.251 e. The molecule has 0 spiro atoms. The van der Waals surface area contributed by atoms with Crippen LogP contribution in [0.25, 0.3) is 11.0 Å². The molecule has 6 rings (SSSR count). The van der Waals surface area contributed by atoms with Gasteiger partial charge in [-0.15, -0.1) is 0 Å². The SMILES string of the molecule is O=c1ccc2ncc(F)c3c2n1CC3CN1CC[C@@H](NCc2cc3c(cn2)OCCO3)[C@@H](F)C1. The summed E-state index contributed by atoms with van der Waals surface area (Å²) in [7, 11) is 0. The van der Waals surface area contributed by atoms with Gasteiger partial charge in [-0.2, -0.15) is 0 Å². The van der Waals surface area contributed by atoms with Gasteiger partial charge in [0.1, 0.15) is 25.2 Å². The lowest BCUT2D eigenvalue weighted by Gasteiger charge is -2.36. The monoisotopic (exact) mass is 469 g/mol. The maximum atomic E-state index is 15.1. The summed E-state index contributed by atoms with van der Waals surface area (Å²) < 4.78 is 42.4. The molecule has 6 heterocycles. The minimum Gasteiger partial charge on any atom is -0.486 e. The first kappa shape index (κ1) is 21.4. The standard InChI is InChI=1S/C24H25F2N5O3/c25-16-9-29-19-1-2-22(32)31-12-14(23(16)24(19)31)11-30-4-3-18(17(26)13-30)28-8-15-7-20-21(10-27-15)34-6-5-33-20/h1-2,7,9-10,14,17-18,28H,3-6,8,11-13H2/t14?,17-,18+/m0/s1. The first-order chi connectivity index (χ1) is 16.6. The molecular formula is C24H25F2N5O3. The molecule has 1 saturated heterocycles. The number of fused-ring (bicyclic) bond motifs is 1. The Balaban J connectivity index is 1.09. The molecule has 0 saturated carbocycles. The number of likely N-dealkylation sites (tertiary alicyclic amines) is 1. The average molecular weight is 469 g/mol. The highest BCUT2D eigenvalue weighted by Crippen LogP contribution is 2.35.